The number of aliphatic hydroxyl groups excluding tert-OH is 1. The van der Waals surface area contributed by atoms with Crippen LogP contribution in [0.4, 0.5) is 0 Å². The van der Waals surface area contributed by atoms with E-state index in [0.29, 0.717) is 15.6 Å². The number of ketones is 1. The molecule has 0 saturated carbocycles. The number of hydrogen-bond acceptors (Lipinski definition) is 6. The summed E-state index contributed by atoms with van der Waals surface area (Å²) in [6, 6.07) is 9.46. The maximum atomic E-state index is 12.1. The molecule has 6 heteroatoms. The van der Waals surface area contributed by atoms with Gasteiger partial charge in [0, 0.05) is 11.6 Å². The molecule has 0 bridgehead atoms. The quantitative estimate of drug-likeness (QED) is 0.407. The third-order valence-corrected chi connectivity index (χ3v) is 3.92. The number of aryl methyl sites for hydroxylation is 1. The number of carbonyl (C=O) groups excluding carboxylic acids is 2. The molecule has 21 heavy (non-hydrogen) atoms. The number of aliphatic hydroxyl groups is 1. The Kier molecular flexibility index (Phi) is 4.49. The topological polar surface area (TPSA) is 76.5 Å². The fourth-order valence-electron chi connectivity index (χ4n) is 1.68. The molecule has 0 spiro atoms. The number of carbonyl (C=O) groups is 2. The average molecular weight is 303 g/mol. The summed E-state index contributed by atoms with van der Waals surface area (Å²) in [7, 11) is 1.13. The van der Waals surface area contributed by atoms with Gasteiger partial charge in [-0.25, -0.2) is 9.78 Å². The monoisotopic (exact) mass is 303 g/mol. The fourth-order valence-corrected chi connectivity index (χ4v) is 2.67. The van der Waals surface area contributed by atoms with Gasteiger partial charge < -0.3 is 9.84 Å². The highest BCUT2D eigenvalue weighted by Crippen LogP contribution is 2.28. The standard InChI is InChI=1S/C15H13NO4S/c1-9-13(11(17)8-12(18)15(19)20-2)21-14(16-9)10-6-4-3-5-7-10/h3-8,18H,1-2H3/b12-8-. The Balaban J connectivity index is 2.32. The van der Waals surface area contributed by atoms with Crippen LogP contribution in [0, 0.1) is 6.92 Å². The summed E-state index contributed by atoms with van der Waals surface area (Å²) in [5.74, 6) is -2.15. The number of thiazole rings is 1. The maximum absolute atomic E-state index is 12.1. The van der Waals surface area contributed by atoms with Crippen molar-refractivity contribution in [3.8, 4) is 10.6 Å². The van der Waals surface area contributed by atoms with Crippen LogP contribution < -0.4 is 0 Å². The van der Waals surface area contributed by atoms with E-state index >= 15 is 0 Å². The molecule has 0 radical (unpaired) electrons. The van der Waals surface area contributed by atoms with E-state index < -0.39 is 17.5 Å². The Morgan fingerprint density at radius 2 is 1.95 bits per heavy atom. The first kappa shape index (κ1) is 14.9. The van der Waals surface area contributed by atoms with Crippen molar-refractivity contribution in [3.05, 3.63) is 52.7 Å². The SMILES string of the molecule is COC(=O)/C(O)=C/C(=O)c1sc(-c2ccccc2)nc1C. The van der Waals surface area contributed by atoms with Crippen molar-refractivity contribution < 1.29 is 19.4 Å². The lowest BCUT2D eigenvalue weighted by atomic mass is 10.2. The number of hydrogen-bond donors (Lipinski definition) is 1. The van der Waals surface area contributed by atoms with Gasteiger partial charge in [-0.2, -0.15) is 0 Å². The highest BCUT2D eigenvalue weighted by Gasteiger charge is 2.17. The zero-order valence-electron chi connectivity index (χ0n) is 11.5. The van der Waals surface area contributed by atoms with Crippen molar-refractivity contribution in [2.75, 3.05) is 7.11 Å². The second-order valence-electron chi connectivity index (χ2n) is 4.18. The van der Waals surface area contributed by atoms with E-state index in [1.165, 1.54) is 11.3 Å². The molecule has 0 aliphatic carbocycles. The van der Waals surface area contributed by atoms with Crippen molar-refractivity contribution in [1.82, 2.24) is 4.98 Å². The number of aromatic nitrogens is 1. The van der Waals surface area contributed by atoms with Gasteiger partial charge in [-0.15, -0.1) is 11.3 Å². The van der Waals surface area contributed by atoms with Gasteiger partial charge in [0.1, 0.15) is 5.01 Å². The minimum atomic E-state index is -0.950. The molecular weight excluding hydrogens is 290 g/mol. The molecule has 2 rings (SSSR count). The number of ether oxygens (including phenoxy) is 1. The van der Waals surface area contributed by atoms with Gasteiger partial charge in [0.05, 0.1) is 17.7 Å². The van der Waals surface area contributed by atoms with E-state index in [1.807, 2.05) is 30.3 Å². The normalized spacial score (nSPS) is 11.2. The predicted molar refractivity (Wildman–Crippen MR) is 79.3 cm³/mol. The minimum absolute atomic E-state index is 0.379. The number of esters is 1. The molecule has 0 atom stereocenters. The van der Waals surface area contributed by atoms with Crippen LogP contribution in [-0.2, 0) is 9.53 Å². The van der Waals surface area contributed by atoms with Gasteiger partial charge in [0.2, 0.25) is 11.5 Å². The van der Waals surface area contributed by atoms with Gasteiger partial charge in [-0.05, 0) is 6.92 Å². The van der Waals surface area contributed by atoms with Gasteiger partial charge >= 0.3 is 5.97 Å². The minimum Gasteiger partial charge on any atom is -0.502 e. The fraction of sp³-hybridized carbons (Fsp3) is 0.133. The lowest BCUT2D eigenvalue weighted by Gasteiger charge is -1.96. The predicted octanol–water partition coefficient (Wildman–Crippen LogP) is 2.92. The largest absolute Gasteiger partial charge is 0.502 e. The third-order valence-electron chi connectivity index (χ3n) is 2.70. The number of rotatable bonds is 4. The first-order valence-corrected chi connectivity index (χ1v) is 6.90. The summed E-state index contributed by atoms with van der Waals surface area (Å²) < 4.78 is 4.33. The molecule has 0 aliphatic rings. The van der Waals surface area contributed by atoms with Crippen molar-refractivity contribution in [1.29, 1.82) is 0 Å². The number of benzene rings is 1. The smallest absolute Gasteiger partial charge is 0.373 e. The van der Waals surface area contributed by atoms with E-state index in [2.05, 4.69) is 9.72 Å². The Labute approximate surface area is 125 Å². The first-order chi connectivity index (χ1) is 10.0. The van der Waals surface area contributed by atoms with Crippen LogP contribution in [-0.4, -0.2) is 29.0 Å². The maximum Gasteiger partial charge on any atom is 0.373 e. The summed E-state index contributed by atoms with van der Waals surface area (Å²) in [5.41, 5.74) is 1.46. The van der Waals surface area contributed by atoms with Crippen LogP contribution in [0.25, 0.3) is 10.6 Å². The summed E-state index contributed by atoms with van der Waals surface area (Å²) in [4.78, 5) is 27.9. The summed E-state index contributed by atoms with van der Waals surface area (Å²) in [5, 5.41) is 10.1. The Hall–Kier alpha value is -2.47. The van der Waals surface area contributed by atoms with Crippen LogP contribution in [0.1, 0.15) is 15.4 Å². The Morgan fingerprint density at radius 3 is 2.57 bits per heavy atom. The lowest BCUT2D eigenvalue weighted by Crippen LogP contribution is -2.06. The summed E-state index contributed by atoms with van der Waals surface area (Å²) >= 11 is 1.21. The van der Waals surface area contributed by atoms with E-state index in [9.17, 15) is 14.7 Å². The molecule has 0 saturated heterocycles. The Morgan fingerprint density at radius 1 is 1.29 bits per heavy atom. The average Bonchev–Trinajstić information content (AvgIpc) is 2.89. The van der Waals surface area contributed by atoms with Gasteiger partial charge in [-0.3, -0.25) is 4.79 Å². The third kappa shape index (κ3) is 3.35. The van der Waals surface area contributed by atoms with Crippen molar-refractivity contribution in [2.24, 2.45) is 0 Å². The van der Waals surface area contributed by atoms with E-state index in [1.54, 1.807) is 6.92 Å². The molecule has 0 unspecified atom stereocenters. The zero-order chi connectivity index (χ0) is 15.4. The first-order valence-electron chi connectivity index (χ1n) is 6.09. The molecule has 5 nitrogen and oxygen atoms in total. The van der Waals surface area contributed by atoms with E-state index in [-0.39, 0.29) is 0 Å². The molecule has 1 aromatic heterocycles. The van der Waals surface area contributed by atoms with Crippen molar-refractivity contribution >= 4 is 23.1 Å². The van der Waals surface area contributed by atoms with E-state index in [4.69, 9.17) is 0 Å². The van der Waals surface area contributed by atoms with Crippen LogP contribution >= 0.6 is 11.3 Å². The van der Waals surface area contributed by atoms with Crippen LogP contribution in [0.15, 0.2) is 42.2 Å². The zero-order valence-corrected chi connectivity index (χ0v) is 12.3. The van der Waals surface area contributed by atoms with Crippen molar-refractivity contribution in [3.63, 3.8) is 0 Å². The van der Waals surface area contributed by atoms with Crippen LogP contribution in [0.5, 0.6) is 0 Å². The van der Waals surface area contributed by atoms with Crippen LogP contribution in [0.2, 0.25) is 0 Å². The second kappa shape index (κ2) is 6.32. The number of nitrogens with zero attached hydrogens (tertiary/aromatic N) is 1. The summed E-state index contributed by atoms with van der Waals surface area (Å²) in [6.45, 7) is 1.71. The summed E-state index contributed by atoms with van der Waals surface area (Å²) in [6.07, 6.45) is 0.848. The molecule has 2 aromatic rings. The molecular formula is C15H13NO4S. The van der Waals surface area contributed by atoms with Crippen molar-refractivity contribution in [2.45, 2.75) is 6.92 Å². The molecule has 0 aliphatic heterocycles. The number of methoxy groups -OCH3 is 1. The lowest BCUT2D eigenvalue weighted by molar-refractivity contribution is -0.139. The highest BCUT2D eigenvalue weighted by molar-refractivity contribution is 7.17. The second-order valence-corrected chi connectivity index (χ2v) is 5.18. The van der Waals surface area contributed by atoms with Crippen LogP contribution in [0.3, 0.4) is 0 Å². The van der Waals surface area contributed by atoms with Gasteiger partial charge in [-0.1, -0.05) is 30.3 Å². The molecule has 0 amide bonds. The molecule has 1 heterocycles. The van der Waals surface area contributed by atoms with Gasteiger partial charge in [0.25, 0.3) is 0 Å². The number of allylic oxidation sites excluding steroid dienone is 1. The Bertz CT molecular complexity index is 704. The highest BCUT2D eigenvalue weighted by atomic mass is 32.1. The molecule has 1 aromatic carbocycles. The molecule has 1 N–H and O–H groups in total. The molecule has 108 valence electrons. The van der Waals surface area contributed by atoms with Gasteiger partial charge in [0.15, 0.2) is 0 Å². The van der Waals surface area contributed by atoms with E-state index in [0.717, 1.165) is 18.7 Å². The molecule has 0 fully saturated rings.